The molecule has 76 heavy (non-hydrogen) atoms. The fourth-order valence-electron chi connectivity index (χ4n) is 8.85. The maximum absolute atomic E-state index is 12.9. The highest BCUT2D eigenvalue weighted by Crippen LogP contribution is 2.43. The van der Waals surface area contributed by atoms with E-state index >= 15 is 0 Å². The van der Waals surface area contributed by atoms with Crippen molar-refractivity contribution < 1.29 is 52.2 Å². The molecular weight excluding hydrogens is 976 g/mol. The number of phosphoric ester groups is 1. The Bertz CT molecular complexity index is 1460. The van der Waals surface area contributed by atoms with Crippen molar-refractivity contribution in [1.29, 1.82) is 0 Å². The number of carbonyl (C=O) groups is 3. The van der Waals surface area contributed by atoms with Gasteiger partial charge in [0.25, 0.3) is 0 Å². The van der Waals surface area contributed by atoms with Crippen LogP contribution in [0.3, 0.4) is 0 Å². The molecule has 0 aliphatic heterocycles. The van der Waals surface area contributed by atoms with Gasteiger partial charge in [0.2, 0.25) is 0 Å². The molecule has 444 valence electrons. The van der Waals surface area contributed by atoms with Crippen molar-refractivity contribution in [1.82, 2.24) is 0 Å². The molecule has 0 radical (unpaired) electrons. The van der Waals surface area contributed by atoms with E-state index in [9.17, 15) is 28.9 Å². The summed E-state index contributed by atoms with van der Waals surface area (Å²) in [6.45, 7) is 4.63. The maximum atomic E-state index is 12.9. The number of aliphatic hydroxyl groups excluding tert-OH is 1. The Morgan fingerprint density at radius 1 is 0.368 bits per heavy atom. The standard InChI is InChI=1S/C64H117O11P/c1-4-7-10-13-16-19-22-25-28-29-30-31-34-37-40-43-46-49-52-55-64(68)75-61(57-71-62(66)53-50-47-44-41-38-35-32-26-23-20-17-14-11-8-5-2)59-73-76(69,70)72-58-60(56-65)74-63(67)54-51-48-45-42-39-36-33-27-24-21-18-15-12-9-6-3/h18,21,25-28,32-33,60-61,65H,4-17,19-20,22-24,29-31,34-59H2,1-3H3,(H,69,70)/b21-18-,28-25-,32-26-,33-27-. The average Bonchev–Trinajstić information content (AvgIpc) is 3.41. The Labute approximate surface area is 466 Å². The van der Waals surface area contributed by atoms with Gasteiger partial charge in [-0.3, -0.25) is 23.4 Å². The Balaban J connectivity index is 4.70. The molecule has 0 aliphatic rings. The molecule has 3 atom stereocenters. The highest BCUT2D eigenvalue weighted by Gasteiger charge is 2.28. The number of hydrogen-bond donors (Lipinski definition) is 2. The lowest BCUT2D eigenvalue weighted by Crippen LogP contribution is -2.30. The van der Waals surface area contributed by atoms with Crippen LogP contribution in [0.25, 0.3) is 0 Å². The van der Waals surface area contributed by atoms with Crippen molar-refractivity contribution in [2.75, 3.05) is 26.4 Å². The van der Waals surface area contributed by atoms with Crippen molar-refractivity contribution in [3.63, 3.8) is 0 Å². The number of carbonyl (C=O) groups excluding carboxylic acids is 3. The minimum atomic E-state index is -4.75. The van der Waals surface area contributed by atoms with Gasteiger partial charge in [0.15, 0.2) is 6.10 Å². The number of ether oxygens (including phenoxy) is 3. The third-order valence-corrected chi connectivity index (χ3v) is 14.6. The molecular formula is C64H117O11P. The summed E-state index contributed by atoms with van der Waals surface area (Å²) in [7, 11) is -4.75. The molecule has 11 nitrogen and oxygen atoms in total. The lowest BCUT2D eigenvalue weighted by molar-refractivity contribution is -0.161. The van der Waals surface area contributed by atoms with Gasteiger partial charge in [-0.15, -0.1) is 0 Å². The lowest BCUT2D eigenvalue weighted by atomic mass is 10.1. The van der Waals surface area contributed by atoms with Gasteiger partial charge in [-0.05, 0) is 103 Å². The van der Waals surface area contributed by atoms with Gasteiger partial charge in [0, 0.05) is 19.3 Å². The number of esters is 3. The van der Waals surface area contributed by atoms with Gasteiger partial charge in [0.05, 0.1) is 19.8 Å². The van der Waals surface area contributed by atoms with Crippen LogP contribution in [-0.4, -0.2) is 66.5 Å². The molecule has 0 aromatic heterocycles. The summed E-state index contributed by atoms with van der Waals surface area (Å²) in [5.74, 6) is -1.47. The summed E-state index contributed by atoms with van der Waals surface area (Å²) < 4.78 is 39.6. The third-order valence-electron chi connectivity index (χ3n) is 13.7. The first-order valence-electron chi connectivity index (χ1n) is 31.5. The molecule has 0 spiro atoms. The normalized spacial score (nSPS) is 13.6. The van der Waals surface area contributed by atoms with E-state index in [-0.39, 0.29) is 25.9 Å². The van der Waals surface area contributed by atoms with Crippen LogP contribution < -0.4 is 0 Å². The van der Waals surface area contributed by atoms with Crippen LogP contribution in [0.15, 0.2) is 48.6 Å². The Morgan fingerprint density at radius 2 is 0.645 bits per heavy atom. The van der Waals surface area contributed by atoms with Crippen LogP contribution in [0.1, 0.15) is 303 Å². The third kappa shape index (κ3) is 56.2. The Kier molecular flexibility index (Phi) is 56.6. The smallest absolute Gasteiger partial charge is 0.462 e. The summed E-state index contributed by atoms with van der Waals surface area (Å²) in [6.07, 6.45) is 63.4. The van der Waals surface area contributed by atoms with E-state index in [0.29, 0.717) is 19.3 Å². The Hall–Kier alpha value is -2.56. The molecule has 0 heterocycles. The number of unbranched alkanes of at least 4 members (excludes halogenated alkanes) is 34. The van der Waals surface area contributed by atoms with Gasteiger partial charge >= 0.3 is 25.7 Å². The van der Waals surface area contributed by atoms with Crippen LogP contribution in [0, 0.1) is 0 Å². The van der Waals surface area contributed by atoms with Gasteiger partial charge in [-0.1, -0.05) is 230 Å². The van der Waals surface area contributed by atoms with E-state index in [1.54, 1.807) is 0 Å². The molecule has 0 saturated carbocycles. The fourth-order valence-corrected chi connectivity index (χ4v) is 9.63. The maximum Gasteiger partial charge on any atom is 0.472 e. The van der Waals surface area contributed by atoms with E-state index in [4.69, 9.17) is 23.3 Å². The molecule has 0 bridgehead atoms. The minimum absolute atomic E-state index is 0.162. The molecule has 0 aliphatic carbocycles. The van der Waals surface area contributed by atoms with Crippen LogP contribution in [0.4, 0.5) is 0 Å². The van der Waals surface area contributed by atoms with Gasteiger partial charge < -0.3 is 24.2 Å². The second kappa shape index (κ2) is 58.6. The first-order chi connectivity index (χ1) is 37.2. The number of rotatable bonds is 59. The summed E-state index contributed by atoms with van der Waals surface area (Å²) in [6, 6.07) is 0. The van der Waals surface area contributed by atoms with E-state index < -0.39 is 57.8 Å². The molecule has 0 rings (SSSR count). The van der Waals surface area contributed by atoms with Crippen molar-refractivity contribution in [2.45, 2.75) is 315 Å². The van der Waals surface area contributed by atoms with Crippen molar-refractivity contribution in [2.24, 2.45) is 0 Å². The number of aliphatic hydroxyl groups is 1. The monoisotopic (exact) mass is 1090 g/mol. The minimum Gasteiger partial charge on any atom is -0.462 e. The first-order valence-corrected chi connectivity index (χ1v) is 33.0. The summed E-state index contributed by atoms with van der Waals surface area (Å²) in [5, 5.41) is 9.83. The lowest BCUT2D eigenvalue weighted by Gasteiger charge is -2.21. The van der Waals surface area contributed by atoms with Crippen LogP contribution in [0.5, 0.6) is 0 Å². The quantitative estimate of drug-likeness (QED) is 0.0197. The van der Waals surface area contributed by atoms with Crippen LogP contribution in [0.2, 0.25) is 0 Å². The predicted octanol–water partition coefficient (Wildman–Crippen LogP) is 18.9. The average molecular weight is 1090 g/mol. The molecule has 0 saturated heterocycles. The van der Waals surface area contributed by atoms with Crippen molar-refractivity contribution >= 4 is 25.7 Å². The molecule has 2 N–H and O–H groups in total. The number of allylic oxidation sites excluding steroid dienone is 8. The Morgan fingerprint density at radius 3 is 1.01 bits per heavy atom. The number of hydrogen-bond acceptors (Lipinski definition) is 10. The van der Waals surface area contributed by atoms with E-state index in [2.05, 4.69) is 69.4 Å². The molecule has 0 aromatic carbocycles. The second-order valence-corrected chi connectivity index (χ2v) is 22.7. The molecule has 3 unspecified atom stereocenters. The number of phosphoric acid groups is 1. The van der Waals surface area contributed by atoms with Gasteiger partial charge in [-0.25, -0.2) is 4.57 Å². The van der Waals surface area contributed by atoms with Crippen LogP contribution in [-0.2, 0) is 42.2 Å². The summed E-state index contributed by atoms with van der Waals surface area (Å²) in [5.41, 5.74) is 0. The van der Waals surface area contributed by atoms with E-state index in [0.717, 1.165) is 103 Å². The van der Waals surface area contributed by atoms with Gasteiger partial charge in [0.1, 0.15) is 12.7 Å². The second-order valence-electron chi connectivity index (χ2n) is 21.2. The zero-order chi connectivity index (χ0) is 55.5. The zero-order valence-corrected chi connectivity index (χ0v) is 50.1. The molecule has 12 heteroatoms. The summed E-state index contributed by atoms with van der Waals surface area (Å²) >= 11 is 0. The first kappa shape index (κ1) is 73.4. The van der Waals surface area contributed by atoms with Crippen LogP contribution >= 0.6 is 7.82 Å². The van der Waals surface area contributed by atoms with Crippen molar-refractivity contribution in [3.05, 3.63) is 48.6 Å². The summed E-state index contributed by atoms with van der Waals surface area (Å²) in [4.78, 5) is 48.7. The van der Waals surface area contributed by atoms with Crippen molar-refractivity contribution in [3.8, 4) is 0 Å². The molecule has 0 amide bonds. The predicted molar refractivity (Wildman–Crippen MR) is 316 cm³/mol. The molecule has 0 fully saturated rings. The largest absolute Gasteiger partial charge is 0.472 e. The van der Waals surface area contributed by atoms with E-state index in [1.165, 1.54) is 141 Å². The fraction of sp³-hybridized carbons (Fsp3) is 0.828. The van der Waals surface area contributed by atoms with Gasteiger partial charge in [-0.2, -0.15) is 0 Å². The topological polar surface area (TPSA) is 155 Å². The highest BCUT2D eigenvalue weighted by atomic mass is 31.2. The zero-order valence-electron chi connectivity index (χ0n) is 49.2. The van der Waals surface area contributed by atoms with E-state index in [1.807, 2.05) is 0 Å². The SMILES string of the molecule is CCCCC/C=C\C/C=C\CCCCCCCC(=O)OC(CO)COP(=O)(O)OCC(COC(=O)CCCCCCC/C=C\CCCCCCCC)OC(=O)CCCCCCCCCCC/C=C\CCCCCCCC. The highest BCUT2D eigenvalue weighted by molar-refractivity contribution is 7.47. The molecule has 0 aromatic rings.